The minimum Gasteiger partial charge on any atom is -0.494 e. The lowest BCUT2D eigenvalue weighted by Gasteiger charge is -2.14. The van der Waals surface area contributed by atoms with Crippen LogP contribution >= 0.6 is 0 Å². The number of aryl methyl sites for hydroxylation is 2. The summed E-state index contributed by atoms with van der Waals surface area (Å²) in [5.74, 6) is 1.29. The third-order valence-corrected chi connectivity index (χ3v) is 5.21. The summed E-state index contributed by atoms with van der Waals surface area (Å²) in [7, 11) is 0. The van der Waals surface area contributed by atoms with Gasteiger partial charge in [0.15, 0.2) is 0 Å². The van der Waals surface area contributed by atoms with Crippen molar-refractivity contribution < 1.29 is 17.9 Å². The highest BCUT2D eigenvalue weighted by Gasteiger charge is 2.34. The van der Waals surface area contributed by atoms with Crippen molar-refractivity contribution in [2.24, 2.45) is 0 Å². The maximum Gasteiger partial charge on any atom is 0.418 e. The molecule has 1 aliphatic rings. The van der Waals surface area contributed by atoms with E-state index in [-0.39, 0.29) is 5.69 Å². The monoisotopic (exact) mass is 412 g/mol. The van der Waals surface area contributed by atoms with E-state index in [2.05, 4.69) is 22.4 Å². The number of fused-ring (bicyclic) bond motifs is 1. The van der Waals surface area contributed by atoms with Crippen LogP contribution in [0.4, 0.5) is 19.0 Å². The molecule has 1 heterocycles. The van der Waals surface area contributed by atoms with Crippen molar-refractivity contribution in [2.75, 3.05) is 18.5 Å². The van der Waals surface area contributed by atoms with Crippen LogP contribution in [0, 0.1) is 0 Å². The second-order valence-electron chi connectivity index (χ2n) is 7.37. The summed E-state index contributed by atoms with van der Waals surface area (Å²) in [6.07, 6.45) is -0.295. The highest BCUT2D eigenvalue weighted by atomic mass is 19.4. The molecule has 156 valence electrons. The molecule has 1 aromatic heterocycles. The first kappa shape index (κ1) is 20.3. The van der Waals surface area contributed by atoms with Crippen molar-refractivity contribution in [3.05, 3.63) is 77.4 Å². The predicted octanol–water partition coefficient (Wildman–Crippen LogP) is 6.14. The molecule has 1 N–H and O–H groups in total. The van der Waals surface area contributed by atoms with Gasteiger partial charge in [-0.1, -0.05) is 36.4 Å². The molecule has 6 heteroatoms. The first-order chi connectivity index (χ1) is 14.5. The van der Waals surface area contributed by atoms with Gasteiger partial charge in [0.2, 0.25) is 0 Å². The van der Waals surface area contributed by atoms with Crippen LogP contribution < -0.4 is 10.1 Å². The molecule has 2 aromatic carbocycles. The number of pyridine rings is 1. The maximum absolute atomic E-state index is 13.4. The van der Waals surface area contributed by atoms with Gasteiger partial charge in [-0.2, -0.15) is 13.2 Å². The molecule has 0 amide bonds. The van der Waals surface area contributed by atoms with Crippen LogP contribution in [0.25, 0.3) is 11.3 Å². The van der Waals surface area contributed by atoms with Crippen molar-refractivity contribution in [2.45, 2.75) is 31.9 Å². The lowest BCUT2D eigenvalue weighted by atomic mass is 10.1. The number of ether oxygens (including phenoxy) is 1. The number of anilines is 1. The molecular formula is C24H23F3N2O. The summed E-state index contributed by atoms with van der Waals surface area (Å²) < 4.78 is 46.0. The molecule has 3 nitrogen and oxygen atoms in total. The van der Waals surface area contributed by atoms with Gasteiger partial charge in [0.1, 0.15) is 11.6 Å². The fraction of sp³-hybridized carbons (Fsp3) is 0.292. The zero-order valence-corrected chi connectivity index (χ0v) is 16.5. The molecular weight excluding hydrogens is 389 g/mol. The summed E-state index contributed by atoms with van der Waals surface area (Å²) in [4.78, 5) is 4.23. The van der Waals surface area contributed by atoms with E-state index in [0.717, 1.165) is 24.7 Å². The molecule has 0 aliphatic heterocycles. The van der Waals surface area contributed by atoms with Crippen molar-refractivity contribution in [1.82, 2.24) is 4.98 Å². The molecule has 0 fully saturated rings. The van der Waals surface area contributed by atoms with Crippen LogP contribution in [0.1, 0.15) is 29.5 Å². The zero-order valence-electron chi connectivity index (χ0n) is 16.5. The quantitative estimate of drug-likeness (QED) is 0.474. The maximum atomic E-state index is 13.4. The van der Waals surface area contributed by atoms with E-state index in [1.807, 2.05) is 6.07 Å². The summed E-state index contributed by atoms with van der Waals surface area (Å²) in [6.45, 7) is 1.08. The average Bonchev–Trinajstić information content (AvgIpc) is 3.21. The van der Waals surface area contributed by atoms with Crippen molar-refractivity contribution >= 4 is 5.82 Å². The molecule has 0 radical (unpaired) electrons. The van der Waals surface area contributed by atoms with Gasteiger partial charge in [-0.15, -0.1) is 0 Å². The highest BCUT2D eigenvalue weighted by molar-refractivity contribution is 5.66. The molecule has 3 aromatic rings. The lowest BCUT2D eigenvalue weighted by molar-refractivity contribution is -0.137. The highest BCUT2D eigenvalue weighted by Crippen LogP contribution is 2.36. The fourth-order valence-corrected chi connectivity index (χ4v) is 3.72. The first-order valence-electron chi connectivity index (χ1n) is 10.1. The van der Waals surface area contributed by atoms with Gasteiger partial charge in [-0.25, -0.2) is 4.98 Å². The Balaban J connectivity index is 1.35. The van der Waals surface area contributed by atoms with Crippen LogP contribution in [0.3, 0.4) is 0 Å². The molecule has 0 unspecified atom stereocenters. The minimum atomic E-state index is -4.46. The molecule has 0 atom stereocenters. The number of benzene rings is 2. The van der Waals surface area contributed by atoms with Gasteiger partial charge in [0, 0.05) is 12.1 Å². The Morgan fingerprint density at radius 3 is 2.53 bits per heavy atom. The molecule has 30 heavy (non-hydrogen) atoms. The Labute approximate surface area is 173 Å². The fourth-order valence-electron chi connectivity index (χ4n) is 3.72. The standard InChI is InChI=1S/C24H23F3N2O/c25-24(26,27)21-12-13-22(29-23(21)18-6-2-1-3-7-18)28-14-5-15-30-20-11-10-17-8-4-9-19(17)16-20/h1-3,6-7,10-13,16H,4-5,8-9,14-15H2,(H,28,29). The van der Waals surface area contributed by atoms with Crippen LogP contribution in [-0.4, -0.2) is 18.1 Å². The number of rotatable bonds is 7. The van der Waals surface area contributed by atoms with Crippen LogP contribution in [0.5, 0.6) is 5.75 Å². The van der Waals surface area contributed by atoms with E-state index in [9.17, 15) is 13.2 Å². The summed E-state index contributed by atoms with van der Waals surface area (Å²) in [6, 6.07) is 17.1. The normalized spacial score (nSPS) is 13.2. The molecule has 4 rings (SSSR count). The third kappa shape index (κ3) is 4.75. The number of hydrogen-bond donors (Lipinski definition) is 1. The topological polar surface area (TPSA) is 34.1 Å². The molecule has 0 saturated carbocycles. The largest absolute Gasteiger partial charge is 0.494 e. The van der Waals surface area contributed by atoms with Crippen LogP contribution in [-0.2, 0) is 19.0 Å². The van der Waals surface area contributed by atoms with Crippen molar-refractivity contribution in [3.8, 4) is 17.0 Å². The van der Waals surface area contributed by atoms with E-state index < -0.39 is 11.7 Å². The molecule has 0 spiro atoms. The number of nitrogens with one attached hydrogen (secondary N) is 1. The number of aromatic nitrogens is 1. The second kappa shape index (κ2) is 8.78. The minimum absolute atomic E-state index is 0.0671. The van der Waals surface area contributed by atoms with Gasteiger partial charge in [0.25, 0.3) is 0 Å². The number of nitrogens with zero attached hydrogens (tertiary/aromatic N) is 1. The Morgan fingerprint density at radius 2 is 1.73 bits per heavy atom. The van der Waals surface area contributed by atoms with Crippen molar-refractivity contribution in [3.63, 3.8) is 0 Å². The van der Waals surface area contributed by atoms with Crippen molar-refractivity contribution in [1.29, 1.82) is 0 Å². The predicted molar refractivity (Wildman–Crippen MR) is 112 cm³/mol. The lowest BCUT2D eigenvalue weighted by Crippen LogP contribution is -2.12. The van der Waals surface area contributed by atoms with E-state index >= 15 is 0 Å². The number of hydrogen-bond acceptors (Lipinski definition) is 3. The van der Waals surface area contributed by atoms with Gasteiger partial charge in [-0.05, 0) is 61.1 Å². The van der Waals surface area contributed by atoms with Crippen LogP contribution in [0.15, 0.2) is 60.7 Å². The van der Waals surface area contributed by atoms with E-state index in [1.54, 1.807) is 30.3 Å². The number of alkyl halides is 3. The van der Waals surface area contributed by atoms with Gasteiger partial charge in [-0.3, -0.25) is 0 Å². The first-order valence-corrected chi connectivity index (χ1v) is 10.1. The number of halogens is 3. The zero-order chi connectivity index (χ0) is 21.0. The SMILES string of the molecule is FC(F)(F)c1ccc(NCCCOc2ccc3c(c2)CCC3)nc1-c1ccccc1. The summed E-state index contributed by atoms with van der Waals surface area (Å²) in [5, 5.41) is 3.10. The summed E-state index contributed by atoms with van der Waals surface area (Å²) in [5.41, 5.74) is 2.41. The second-order valence-corrected chi connectivity index (χ2v) is 7.37. The summed E-state index contributed by atoms with van der Waals surface area (Å²) >= 11 is 0. The molecule has 1 aliphatic carbocycles. The Hall–Kier alpha value is -3.02. The Bertz CT molecular complexity index is 1000. The van der Waals surface area contributed by atoms with E-state index in [4.69, 9.17) is 4.74 Å². The van der Waals surface area contributed by atoms with E-state index in [0.29, 0.717) is 31.0 Å². The van der Waals surface area contributed by atoms with Gasteiger partial charge in [0.05, 0.1) is 17.9 Å². The average molecular weight is 412 g/mol. The molecule has 0 bridgehead atoms. The van der Waals surface area contributed by atoms with E-state index in [1.165, 1.54) is 23.6 Å². The Morgan fingerprint density at radius 1 is 0.933 bits per heavy atom. The van der Waals surface area contributed by atoms with Gasteiger partial charge >= 0.3 is 6.18 Å². The molecule has 0 saturated heterocycles. The van der Waals surface area contributed by atoms with Gasteiger partial charge < -0.3 is 10.1 Å². The Kier molecular flexibility index (Phi) is 5.93. The third-order valence-electron chi connectivity index (χ3n) is 5.21. The van der Waals surface area contributed by atoms with Crippen LogP contribution in [0.2, 0.25) is 0 Å². The smallest absolute Gasteiger partial charge is 0.418 e.